The summed E-state index contributed by atoms with van der Waals surface area (Å²) in [6.07, 6.45) is -0.567. The first-order valence-electron chi connectivity index (χ1n) is 6.84. The number of tetrazole rings is 1. The minimum absolute atomic E-state index is 0.0321. The SMILES string of the molecule is CC(=O)OC(C)[C@@H]1COc2c(cccc2[N+](=O)[O-])-c2nnnn21. The predicted molar refractivity (Wildman–Crippen MR) is 75.7 cm³/mol. The van der Waals surface area contributed by atoms with E-state index in [1.807, 2.05) is 0 Å². The van der Waals surface area contributed by atoms with Crippen molar-refractivity contribution in [3.8, 4) is 17.1 Å². The number of aromatic nitrogens is 4. The maximum absolute atomic E-state index is 11.2. The lowest BCUT2D eigenvalue weighted by Crippen LogP contribution is -2.31. The molecular weight excluding hydrogens is 306 g/mol. The fourth-order valence-corrected chi connectivity index (χ4v) is 2.50. The highest BCUT2D eigenvalue weighted by Gasteiger charge is 2.34. The summed E-state index contributed by atoms with van der Waals surface area (Å²) in [5, 5.41) is 22.7. The van der Waals surface area contributed by atoms with Crippen molar-refractivity contribution in [2.24, 2.45) is 0 Å². The number of hydrogen-bond acceptors (Lipinski definition) is 8. The Morgan fingerprint density at radius 2 is 2.35 bits per heavy atom. The molecule has 0 N–H and O–H groups in total. The van der Waals surface area contributed by atoms with Gasteiger partial charge in [0.2, 0.25) is 5.75 Å². The van der Waals surface area contributed by atoms with Gasteiger partial charge in [-0.2, -0.15) is 0 Å². The molecule has 1 unspecified atom stereocenters. The lowest BCUT2D eigenvalue weighted by Gasteiger charge is -2.22. The van der Waals surface area contributed by atoms with Crippen LogP contribution in [-0.4, -0.2) is 43.8 Å². The molecule has 2 heterocycles. The van der Waals surface area contributed by atoms with Gasteiger partial charge in [-0.15, -0.1) is 5.10 Å². The smallest absolute Gasteiger partial charge is 0.311 e. The van der Waals surface area contributed by atoms with E-state index in [2.05, 4.69) is 15.5 Å². The third kappa shape index (κ3) is 2.58. The fourth-order valence-electron chi connectivity index (χ4n) is 2.50. The minimum atomic E-state index is -0.567. The molecule has 1 aliphatic heterocycles. The van der Waals surface area contributed by atoms with E-state index in [-0.39, 0.29) is 18.0 Å². The number of para-hydroxylation sites is 1. The van der Waals surface area contributed by atoms with E-state index in [1.165, 1.54) is 23.7 Å². The average Bonchev–Trinajstić information content (AvgIpc) is 2.89. The highest BCUT2D eigenvalue weighted by atomic mass is 16.6. The largest absolute Gasteiger partial charge is 0.484 e. The molecule has 1 aromatic heterocycles. The molecule has 3 rings (SSSR count). The van der Waals surface area contributed by atoms with Crippen LogP contribution in [0.1, 0.15) is 19.9 Å². The molecule has 1 aromatic carbocycles. The Morgan fingerprint density at radius 3 is 3.04 bits per heavy atom. The van der Waals surface area contributed by atoms with Crippen molar-refractivity contribution in [2.45, 2.75) is 26.0 Å². The number of ether oxygens (including phenoxy) is 2. The second-order valence-corrected chi connectivity index (χ2v) is 5.05. The Balaban J connectivity index is 2.08. The monoisotopic (exact) mass is 319 g/mol. The molecule has 0 aliphatic carbocycles. The molecule has 23 heavy (non-hydrogen) atoms. The number of carbonyl (C=O) groups excluding carboxylic acids is 1. The highest BCUT2D eigenvalue weighted by molar-refractivity contribution is 5.71. The van der Waals surface area contributed by atoms with Crippen LogP contribution < -0.4 is 4.74 Å². The van der Waals surface area contributed by atoms with Crippen LogP contribution in [-0.2, 0) is 9.53 Å². The van der Waals surface area contributed by atoms with Gasteiger partial charge in [0, 0.05) is 13.0 Å². The van der Waals surface area contributed by atoms with Gasteiger partial charge in [-0.3, -0.25) is 14.9 Å². The van der Waals surface area contributed by atoms with Gasteiger partial charge in [0.25, 0.3) is 0 Å². The summed E-state index contributed by atoms with van der Waals surface area (Å²) in [4.78, 5) is 21.9. The summed E-state index contributed by atoms with van der Waals surface area (Å²) < 4.78 is 12.3. The molecule has 0 fully saturated rings. The summed E-state index contributed by atoms with van der Waals surface area (Å²) in [5.41, 5.74) is 0.250. The molecule has 10 heteroatoms. The number of esters is 1. The molecule has 120 valence electrons. The summed E-state index contributed by atoms with van der Waals surface area (Å²) in [5.74, 6) is -0.0175. The van der Waals surface area contributed by atoms with Gasteiger partial charge in [0.15, 0.2) is 5.82 Å². The molecule has 2 aromatic rings. The number of hydrogen-bond donors (Lipinski definition) is 0. The molecule has 2 atom stereocenters. The predicted octanol–water partition coefficient (Wildman–Crippen LogP) is 1.13. The van der Waals surface area contributed by atoms with Crippen LogP contribution in [0, 0.1) is 10.1 Å². The molecular formula is C13H13N5O5. The first kappa shape index (κ1) is 14.9. The number of nitro groups is 1. The van der Waals surface area contributed by atoms with Crippen LogP contribution in [0.2, 0.25) is 0 Å². The molecule has 0 amide bonds. The van der Waals surface area contributed by atoms with Crippen molar-refractivity contribution >= 4 is 11.7 Å². The topological polar surface area (TPSA) is 122 Å². The minimum Gasteiger partial charge on any atom is -0.484 e. The normalized spacial score (nSPS) is 17.2. The van der Waals surface area contributed by atoms with Crippen LogP contribution in [0.25, 0.3) is 11.4 Å². The van der Waals surface area contributed by atoms with Crippen LogP contribution in [0.5, 0.6) is 5.75 Å². The van der Waals surface area contributed by atoms with Crippen molar-refractivity contribution in [2.75, 3.05) is 6.61 Å². The summed E-state index contributed by atoms with van der Waals surface area (Å²) >= 11 is 0. The van der Waals surface area contributed by atoms with E-state index in [1.54, 1.807) is 13.0 Å². The van der Waals surface area contributed by atoms with Crippen LogP contribution in [0.4, 0.5) is 5.69 Å². The number of carbonyl (C=O) groups is 1. The van der Waals surface area contributed by atoms with Crippen LogP contribution in [0.15, 0.2) is 18.2 Å². The van der Waals surface area contributed by atoms with Gasteiger partial charge in [0.05, 0.1) is 10.5 Å². The summed E-state index contributed by atoms with van der Waals surface area (Å²) in [7, 11) is 0. The summed E-state index contributed by atoms with van der Waals surface area (Å²) in [6.45, 7) is 3.02. The Hall–Kier alpha value is -3.04. The van der Waals surface area contributed by atoms with Gasteiger partial charge >= 0.3 is 11.7 Å². The zero-order chi connectivity index (χ0) is 16.6. The Morgan fingerprint density at radius 1 is 1.57 bits per heavy atom. The van der Waals surface area contributed by atoms with Gasteiger partial charge < -0.3 is 9.47 Å². The van der Waals surface area contributed by atoms with Crippen LogP contribution >= 0.6 is 0 Å². The van der Waals surface area contributed by atoms with Gasteiger partial charge in [0.1, 0.15) is 18.8 Å². The van der Waals surface area contributed by atoms with E-state index in [0.29, 0.717) is 11.4 Å². The van der Waals surface area contributed by atoms with Crippen molar-refractivity contribution < 1.29 is 19.2 Å². The van der Waals surface area contributed by atoms with Gasteiger partial charge in [-0.05, 0) is 23.4 Å². The number of nitrogens with zero attached hydrogens (tertiary/aromatic N) is 5. The first-order chi connectivity index (χ1) is 11.0. The second-order valence-electron chi connectivity index (χ2n) is 5.05. The fraction of sp³-hybridized carbons (Fsp3) is 0.385. The lowest BCUT2D eigenvalue weighted by molar-refractivity contribution is -0.385. The third-order valence-corrected chi connectivity index (χ3v) is 3.53. The molecule has 0 saturated heterocycles. The quantitative estimate of drug-likeness (QED) is 0.468. The Labute approximate surface area is 130 Å². The van der Waals surface area contributed by atoms with Gasteiger partial charge in [-0.1, -0.05) is 6.07 Å². The van der Waals surface area contributed by atoms with Crippen molar-refractivity contribution in [1.82, 2.24) is 20.2 Å². The van der Waals surface area contributed by atoms with Gasteiger partial charge in [-0.25, -0.2) is 4.68 Å². The molecule has 10 nitrogen and oxygen atoms in total. The van der Waals surface area contributed by atoms with Crippen molar-refractivity contribution in [3.05, 3.63) is 28.3 Å². The second kappa shape index (κ2) is 5.63. The maximum atomic E-state index is 11.2. The van der Waals surface area contributed by atoms with Crippen molar-refractivity contribution in [3.63, 3.8) is 0 Å². The first-order valence-corrected chi connectivity index (χ1v) is 6.84. The number of rotatable bonds is 3. The van der Waals surface area contributed by atoms with E-state index >= 15 is 0 Å². The van der Waals surface area contributed by atoms with E-state index in [0.717, 1.165) is 0 Å². The standard InChI is InChI=1S/C13H13N5O5/c1-7(23-8(2)19)11-6-22-12-9(13-14-15-16-17(11)13)4-3-5-10(12)18(20)21/h3-5,7,11H,6H2,1-2H3/t7?,11-/m0/s1. The lowest BCUT2D eigenvalue weighted by atomic mass is 10.1. The highest BCUT2D eigenvalue weighted by Crippen LogP contribution is 2.40. The summed E-state index contributed by atoms with van der Waals surface area (Å²) in [6, 6.07) is 4.03. The maximum Gasteiger partial charge on any atom is 0.311 e. The number of nitro benzene ring substituents is 1. The van der Waals surface area contributed by atoms with E-state index in [9.17, 15) is 14.9 Å². The molecule has 1 aliphatic rings. The number of fused-ring (bicyclic) bond motifs is 3. The van der Waals surface area contributed by atoms with E-state index < -0.39 is 23.0 Å². The Kier molecular flexibility index (Phi) is 3.64. The third-order valence-electron chi connectivity index (χ3n) is 3.53. The molecule has 0 radical (unpaired) electrons. The zero-order valence-corrected chi connectivity index (χ0v) is 12.4. The molecule has 0 saturated carbocycles. The van der Waals surface area contributed by atoms with Crippen molar-refractivity contribution in [1.29, 1.82) is 0 Å². The number of benzene rings is 1. The van der Waals surface area contributed by atoms with Crippen LogP contribution in [0.3, 0.4) is 0 Å². The Bertz CT molecular complexity index is 774. The zero-order valence-electron chi connectivity index (χ0n) is 12.4. The molecule has 0 spiro atoms. The molecule has 0 bridgehead atoms. The van der Waals surface area contributed by atoms with E-state index in [4.69, 9.17) is 9.47 Å². The average molecular weight is 319 g/mol.